The van der Waals surface area contributed by atoms with Crippen LogP contribution in [0, 0.1) is 0 Å². The molecule has 6 heteroatoms. The summed E-state index contributed by atoms with van der Waals surface area (Å²) in [5, 5.41) is 0. The van der Waals surface area contributed by atoms with E-state index in [9.17, 15) is 9.59 Å². The zero-order valence-corrected chi connectivity index (χ0v) is 11.6. The quantitative estimate of drug-likeness (QED) is 0.418. The Labute approximate surface area is 127 Å². The molecule has 114 valence electrons. The van der Waals surface area contributed by atoms with Crippen molar-refractivity contribution in [3.8, 4) is 11.5 Å². The van der Waals surface area contributed by atoms with Crippen LogP contribution in [-0.2, 0) is 19.1 Å². The molecule has 0 spiro atoms. The first-order chi connectivity index (χ1) is 10.7. The molecule has 0 unspecified atom stereocenters. The average molecular weight is 302 g/mol. The van der Waals surface area contributed by atoms with Crippen molar-refractivity contribution in [1.82, 2.24) is 0 Å². The number of carbonyl (C=O) groups is 2. The molecule has 0 aliphatic heterocycles. The lowest BCUT2D eigenvalue weighted by molar-refractivity contribution is -0.133. The third-order valence-electron chi connectivity index (χ3n) is 2.04. The number of hydrogen-bond acceptors (Lipinski definition) is 6. The Morgan fingerprint density at radius 1 is 0.727 bits per heavy atom. The molecule has 0 saturated heterocycles. The van der Waals surface area contributed by atoms with Gasteiger partial charge in [-0.15, -0.1) is 0 Å². The predicted octanol–water partition coefficient (Wildman–Crippen LogP) is 2.85. The molecule has 0 N–H and O–H groups in total. The van der Waals surface area contributed by atoms with Gasteiger partial charge in [-0.3, -0.25) is 0 Å². The summed E-state index contributed by atoms with van der Waals surface area (Å²) in [6, 6.07) is 6.55. The van der Waals surface area contributed by atoms with Crippen molar-refractivity contribution in [1.29, 1.82) is 0 Å². The summed E-state index contributed by atoms with van der Waals surface area (Å²) in [7, 11) is 0. The zero-order valence-electron chi connectivity index (χ0n) is 11.6. The molecule has 22 heavy (non-hydrogen) atoms. The lowest BCUT2D eigenvalue weighted by Crippen LogP contribution is -1.93. The van der Waals surface area contributed by atoms with Crippen LogP contribution in [0.5, 0.6) is 11.5 Å². The monoisotopic (exact) mass is 302 g/mol. The Morgan fingerprint density at radius 3 is 1.41 bits per heavy atom. The smallest absolute Gasteiger partial charge is 0.335 e. The number of esters is 2. The van der Waals surface area contributed by atoms with E-state index in [0.717, 1.165) is 24.7 Å². The maximum atomic E-state index is 10.7. The van der Waals surface area contributed by atoms with Crippen molar-refractivity contribution in [2.24, 2.45) is 0 Å². The van der Waals surface area contributed by atoms with E-state index in [1.807, 2.05) is 0 Å². The molecular formula is C16H14O6. The topological polar surface area (TPSA) is 71.1 Å². The summed E-state index contributed by atoms with van der Waals surface area (Å²) in [6.45, 7) is 6.50. The van der Waals surface area contributed by atoms with E-state index in [4.69, 9.17) is 9.47 Å². The summed E-state index contributed by atoms with van der Waals surface area (Å²) in [5.41, 5.74) is 0. The van der Waals surface area contributed by atoms with Crippen LogP contribution < -0.4 is 9.47 Å². The predicted molar refractivity (Wildman–Crippen MR) is 78.6 cm³/mol. The van der Waals surface area contributed by atoms with E-state index in [0.29, 0.717) is 11.5 Å². The van der Waals surface area contributed by atoms with Crippen LogP contribution in [-0.4, -0.2) is 11.9 Å². The van der Waals surface area contributed by atoms with Gasteiger partial charge in [0.05, 0.1) is 0 Å². The third kappa shape index (κ3) is 6.76. The number of ether oxygens (including phenoxy) is 4. The van der Waals surface area contributed by atoms with E-state index >= 15 is 0 Å². The van der Waals surface area contributed by atoms with Gasteiger partial charge in [0.25, 0.3) is 0 Å². The molecule has 6 nitrogen and oxygen atoms in total. The van der Waals surface area contributed by atoms with Gasteiger partial charge in [-0.2, -0.15) is 0 Å². The van der Waals surface area contributed by atoms with Crippen LogP contribution in [0.1, 0.15) is 0 Å². The molecular weight excluding hydrogens is 288 g/mol. The fourth-order valence-electron chi connectivity index (χ4n) is 1.10. The summed E-state index contributed by atoms with van der Waals surface area (Å²) in [6.07, 6.45) is 6.71. The second-order valence-electron chi connectivity index (χ2n) is 3.53. The third-order valence-corrected chi connectivity index (χ3v) is 2.04. The molecule has 0 bridgehead atoms. The van der Waals surface area contributed by atoms with Crippen LogP contribution >= 0.6 is 0 Å². The maximum absolute atomic E-state index is 10.7. The second kappa shape index (κ2) is 9.60. The number of rotatable bonds is 8. The zero-order chi connectivity index (χ0) is 16.2. The molecule has 0 aromatic heterocycles. The van der Waals surface area contributed by atoms with E-state index < -0.39 is 11.9 Å². The Hall–Kier alpha value is -3.28. The van der Waals surface area contributed by atoms with Crippen LogP contribution in [0.2, 0.25) is 0 Å². The molecule has 0 heterocycles. The molecule has 0 aliphatic carbocycles. The molecule has 1 aromatic rings. The van der Waals surface area contributed by atoms with Gasteiger partial charge in [0.15, 0.2) is 0 Å². The number of carbonyl (C=O) groups excluding carboxylic acids is 2. The van der Waals surface area contributed by atoms with Crippen molar-refractivity contribution < 1.29 is 28.5 Å². The lowest BCUT2D eigenvalue weighted by atomic mass is 10.3. The van der Waals surface area contributed by atoms with Crippen LogP contribution in [0.4, 0.5) is 0 Å². The Bertz CT molecular complexity index is 530. The minimum Gasteiger partial charge on any atom is -0.462 e. The molecule has 1 aromatic carbocycles. The lowest BCUT2D eigenvalue weighted by Gasteiger charge is -2.02. The molecule has 0 fully saturated rings. The van der Waals surface area contributed by atoms with Crippen LogP contribution in [0.3, 0.4) is 0 Å². The van der Waals surface area contributed by atoms with Crippen molar-refractivity contribution in [3.05, 3.63) is 74.6 Å². The van der Waals surface area contributed by atoms with Crippen molar-refractivity contribution in [2.45, 2.75) is 0 Å². The van der Waals surface area contributed by atoms with Crippen molar-refractivity contribution in [3.63, 3.8) is 0 Å². The van der Waals surface area contributed by atoms with E-state index in [1.54, 1.807) is 24.3 Å². The van der Waals surface area contributed by atoms with Gasteiger partial charge < -0.3 is 18.9 Å². The standard InChI is InChI=1S/C16H14O6/c1-3-15(17)21-11-9-19-13-5-7-14(8-6-13)20-10-12-22-16(18)4-2/h3-12H,1-2H2. The van der Waals surface area contributed by atoms with Gasteiger partial charge in [-0.1, -0.05) is 13.2 Å². The highest BCUT2D eigenvalue weighted by Crippen LogP contribution is 2.17. The van der Waals surface area contributed by atoms with Gasteiger partial charge in [-0.25, -0.2) is 9.59 Å². The van der Waals surface area contributed by atoms with Gasteiger partial charge in [0.1, 0.15) is 36.5 Å². The van der Waals surface area contributed by atoms with Gasteiger partial charge in [-0.05, 0) is 24.3 Å². The van der Waals surface area contributed by atoms with Gasteiger partial charge in [0, 0.05) is 12.2 Å². The number of benzene rings is 1. The van der Waals surface area contributed by atoms with E-state index in [1.165, 1.54) is 12.5 Å². The SMILES string of the molecule is C=CC(=O)OC=COc1ccc(OC=COC(=O)C=C)cc1. The highest BCUT2D eigenvalue weighted by atomic mass is 16.5. The highest BCUT2D eigenvalue weighted by Gasteiger charge is 1.95. The molecule has 0 amide bonds. The van der Waals surface area contributed by atoms with Crippen molar-refractivity contribution >= 4 is 11.9 Å². The van der Waals surface area contributed by atoms with Gasteiger partial charge >= 0.3 is 11.9 Å². The molecule has 1 rings (SSSR count). The van der Waals surface area contributed by atoms with Gasteiger partial charge in [0.2, 0.25) is 0 Å². The van der Waals surface area contributed by atoms with Crippen LogP contribution in [0.25, 0.3) is 0 Å². The summed E-state index contributed by atoms with van der Waals surface area (Å²) < 4.78 is 19.5. The molecule has 0 radical (unpaired) electrons. The largest absolute Gasteiger partial charge is 0.462 e. The Balaban J connectivity index is 2.39. The molecule has 0 aliphatic rings. The van der Waals surface area contributed by atoms with Crippen LogP contribution in [0.15, 0.2) is 74.6 Å². The van der Waals surface area contributed by atoms with E-state index in [-0.39, 0.29) is 0 Å². The fourth-order valence-corrected chi connectivity index (χ4v) is 1.10. The Morgan fingerprint density at radius 2 is 1.09 bits per heavy atom. The first-order valence-electron chi connectivity index (χ1n) is 6.05. The van der Waals surface area contributed by atoms with Crippen molar-refractivity contribution in [2.75, 3.05) is 0 Å². The summed E-state index contributed by atoms with van der Waals surface area (Å²) >= 11 is 0. The molecule has 0 saturated carbocycles. The second-order valence-corrected chi connectivity index (χ2v) is 3.53. The van der Waals surface area contributed by atoms with E-state index in [2.05, 4.69) is 22.6 Å². The molecule has 0 atom stereocenters. The first kappa shape index (κ1) is 16.8. The number of hydrogen-bond donors (Lipinski definition) is 0. The summed E-state index contributed by atoms with van der Waals surface area (Å²) in [4.78, 5) is 21.5. The first-order valence-corrected chi connectivity index (χ1v) is 6.05. The summed E-state index contributed by atoms with van der Waals surface area (Å²) in [5.74, 6) is -0.124. The average Bonchev–Trinajstić information content (AvgIpc) is 2.56. The normalized spacial score (nSPS) is 10.2. The highest BCUT2D eigenvalue weighted by molar-refractivity contribution is 5.81. The minimum absolute atomic E-state index is 0.514. The minimum atomic E-state index is -0.576. The fraction of sp³-hybridized carbons (Fsp3) is 0. The Kier molecular flexibility index (Phi) is 7.32. The maximum Gasteiger partial charge on any atom is 0.335 e.